The van der Waals surface area contributed by atoms with Crippen LogP contribution in [0.15, 0.2) is 49.1 Å². The van der Waals surface area contributed by atoms with Crippen LogP contribution in [0.2, 0.25) is 0 Å². The van der Waals surface area contributed by atoms with Crippen molar-refractivity contribution < 1.29 is 18.9 Å². The molecule has 144 valence electrons. The first-order valence-electron chi connectivity index (χ1n) is 9.31. The van der Waals surface area contributed by atoms with Gasteiger partial charge in [0.15, 0.2) is 11.5 Å². The summed E-state index contributed by atoms with van der Waals surface area (Å²) in [5, 5.41) is 0. The molecule has 0 spiro atoms. The molecule has 2 aromatic heterocycles. The molecule has 5 rings (SSSR count). The fourth-order valence-corrected chi connectivity index (χ4v) is 3.97. The van der Waals surface area contributed by atoms with Gasteiger partial charge in [0.25, 0.3) is 0 Å². The Hall–Kier alpha value is -3.06. The Morgan fingerprint density at radius 2 is 1.93 bits per heavy atom. The maximum absolute atomic E-state index is 5.85. The summed E-state index contributed by atoms with van der Waals surface area (Å²) in [5.74, 6) is 3.31. The minimum absolute atomic E-state index is 0.195. The number of imidazole rings is 1. The van der Waals surface area contributed by atoms with Gasteiger partial charge in [-0.25, -0.2) is 4.98 Å². The summed E-state index contributed by atoms with van der Waals surface area (Å²) in [6, 6.07) is 8.11. The van der Waals surface area contributed by atoms with Gasteiger partial charge in [0.05, 0.1) is 31.9 Å². The van der Waals surface area contributed by atoms with Gasteiger partial charge in [-0.3, -0.25) is 4.98 Å². The predicted molar refractivity (Wildman–Crippen MR) is 102 cm³/mol. The number of benzene rings is 1. The van der Waals surface area contributed by atoms with E-state index in [1.54, 1.807) is 7.11 Å². The number of nitrogens with zero attached hydrogens (tertiary/aromatic N) is 3. The van der Waals surface area contributed by atoms with Crippen LogP contribution in [0.4, 0.5) is 0 Å². The molecule has 7 nitrogen and oxygen atoms in total. The highest BCUT2D eigenvalue weighted by Crippen LogP contribution is 2.43. The molecule has 0 amide bonds. The number of hydrogen-bond acceptors (Lipinski definition) is 6. The number of rotatable bonds is 5. The van der Waals surface area contributed by atoms with Crippen molar-refractivity contribution in [2.75, 3.05) is 27.1 Å². The molecular formula is C21H21N3O4. The van der Waals surface area contributed by atoms with Gasteiger partial charge in [-0.2, -0.15) is 0 Å². The molecule has 0 radical (unpaired) electrons. The second kappa shape index (κ2) is 7.16. The molecule has 2 atom stereocenters. The molecule has 3 aromatic rings. The first-order valence-corrected chi connectivity index (χ1v) is 9.31. The third kappa shape index (κ3) is 2.97. The largest absolute Gasteiger partial charge is 0.496 e. The quantitative estimate of drug-likeness (QED) is 0.679. The van der Waals surface area contributed by atoms with Crippen molar-refractivity contribution in [3.8, 4) is 28.6 Å². The second-order valence-electron chi connectivity index (χ2n) is 6.99. The number of hydrogen-bond donors (Lipinski definition) is 0. The van der Waals surface area contributed by atoms with Crippen LogP contribution in [0.25, 0.3) is 11.4 Å². The molecule has 1 fully saturated rings. The molecule has 4 heterocycles. The molecule has 0 bridgehead atoms. The van der Waals surface area contributed by atoms with Gasteiger partial charge in [0.1, 0.15) is 11.6 Å². The lowest BCUT2D eigenvalue weighted by Gasteiger charge is -2.22. The van der Waals surface area contributed by atoms with Crippen LogP contribution >= 0.6 is 0 Å². The zero-order chi connectivity index (χ0) is 18.9. The minimum atomic E-state index is 0.195. The van der Waals surface area contributed by atoms with Crippen molar-refractivity contribution in [3.63, 3.8) is 0 Å². The Morgan fingerprint density at radius 3 is 2.75 bits per heavy atom. The maximum atomic E-state index is 5.85. The summed E-state index contributed by atoms with van der Waals surface area (Å²) >= 11 is 0. The lowest BCUT2D eigenvalue weighted by molar-refractivity contribution is 0.174. The van der Waals surface area contributed by atoms with E-state index >= 15 is 0 Å². The van der Waals surface area contributed by atoms with Crippen LogP contribution in [-0.2, 0) is 11.2 Å². The number of ether oxygens (including phenoxy) is 4. The van der Waals surface area contributed by atoms with Crippen molar-refractivity contribution in [1.29, 1.82) is 0 Å². The van der Waals surface area contributed by atoms with Gasteiger partial charge in [-0.15, -0.1) is 0 Å². The molecule has 2 aliphatic rings. The standard InChI is InChI=1S/C21H21N3O4/c1-25-18-10-20-19(27-13-28-20)9-16(18)21-23-6-7-24(21)17-12-26-11-15(17)8-14-2-4-22-5-3-14/h2-7,9-10,15,17H,8,11-13H2,1H3/t15-,17+/m0/s1. The van der Waals surface area contributed by atoms with Crippen LogP contribution < -0.4 is 14.2 Å². The van der Waals surface area contributed by atoms with E-state index in [1.807, 2.05) is 36.9 Å². The smallest absolute Gasteiger partial charge is 0.231 e. The molecular weight excluding hydrogens is 358 g/mol. The van der Waals surface area contributed by atoms with Gasteiger partial charge >= 0.3 is 0 Å². The minimum Gasteiger partial charge on any atom is -0.496 e. The Kier molecular flexibility index (Phi) is 4.37. The average Bonchev–Trinajstić information content (AvgIpc) is 3.47. The summed E-state index contributed by atoms with van der Waals surface area (Å²) < 4.78 is 24.7. The van der Waals surface area contributed by atoms with Crippen LogP contribution in [0.1, 0.15) is 11.6 Å². The third-order valence-electron chi connectivity index (χ3n) is 5.37. The summed E-state index contributed by atoms with van der Waals surface area (Å²) in [6.07, 6.45) is 8.43. The van der Waals surface area contributed by atoms with Gasteiger partial charge in [0, 0.05) is 36.8 Å². The third-order valence-corrected chi connectivity index (χ3v) is 5.37. The van der Waals surface area contributed by atoms with Crippen molar-refractivity contribution in [2.24, 2.45) is 5.92 Å². The number of aromatic nitrogens is 3. The number of pyridine rings is 1. The summed E-state index contributed by atoms with van der Waals surface area (Å²) in [4.78, 5) is 8.74. The first kappa shape index (κ1) is 17.1. The number of methoxy groups -OCH3 is 1. The molecule has 28 heavy (non-hydrogen) atoms. The average molecular weight is 379 g/mol. The highest BCUT2D eigenvalue weighted by molar-refractivity contribution is 5.70. The molecule has 0 saturated carbocycles. The van der Waals surface area contributed by atoms with Crippen molar-refractivity contribution in [1.82, 2.24) is 14.5 Å². The topological polar surface area (TPSA) is 67.6 Å². The molecule has 1 aromatic carbocycles. The van der Waals surface area contributed by atoms with Gasteiger partial charge in [-0.05, 0) is 30.2 Å². The van der Waals surface area contributed by atoms with Crippen LogP contribution in [0.5, 0.6) is 17.2 Å². The van der Waals surface area contributed by atoms with Crippen LogP contribution in [0.3, 0.4) is 0 Å². The summed E-state index contributed by atoms with van der Waals surface area (Å²) in [6.45, 7) is 1.61. The Morgan fingerprint density at radius 1 is 1.11 bits per heavy atom. The van der Waals surface area contributed by atoms with Gasteiger partial charge < -0.3 is 23.5 Å². The fourth-order valence-electron chi connectivity index (χ4n) is 3.97. The van der Waals surface area contributed by atoms with Crippen molar-refractivity contribution in [3.05, 3.63) is 54.6 Å². The Balaban J connectivity index is 1.49. The van der Waals surface area contributed by atoms with E-state index in [1.165, 1.54) is 5.56 Å². The van der Waals surface area contributed by atoms with E-state index in [2.05, 4.69) is 26.7 Å². The molecule has 2 aliphatic heterocycles. The molecule has 0 N–H and O–H groups in total. The molecule has 0 unspecified atom stereocenters. The Labute approximate surface area is 162 Å². The highest BCUT2D eigenvalue weighted by atomic mass is 16.7. The predicted octanol–water partition coefficient (Wildman–Crippen LogP) is 3.11. The zero-order valence-corrected chi connectivity index (χ0v) is 15.6. The van der Waals surface area contributed by atoms with E-state index in [-0.39, 0.29) is 12.8 Å². The normalized spacial score (nSPS) is 20.5. The van der Waals surface area contributed by atoms with Crippen molar-refractivity contribution in [2.45, 2.75) is 12.5 Å². The second-order valence-corrected chi connectivity index (χ2v) is 6.99. The van der Waals surface area contributed by atoms with E-state index < -0.39 is 0 Å². The van der Waals surface area contributed by atoms with Gasteiger partial charge in [-0.1, -0.05) is 0 Å². The SMILES string of the molecule is COc1cc2c(cc1-c1nccn1[C@@H]1COC[C@@H]1Cc1ccncc1)OCO2. The summed E-state index contributed by atoms with van der Waals surface area (Å²) in [7, 11) is 1.65. The van der Waals surface area contributed by atoms with Crippen LogP contribution in [0, 0.1) is 5.92 Å². The van der Waals surface area contributed by atoms with Crippen molar-refractivity contribution >= 4 is 0 Å². The highest BCUT2D eigenvalue weighted by Gasteiger charge is 2.32. The zero-order valence-electron chi connectivity index (χ0n) is 15.6. The van der Waals surface area contributed by atoms with E-state index in [0.29, 0.717) is 29.8 Å². The van der Waals surface area contributed by atoms with E-state index in [0.717, 1.165) is 24.4 Å². The van der Waals surface area contributed by atoms with Gasteiger partial charge in [0.2, 0.25) is 6.79 Å². The lowest BCUT2D eigenvalue weighted by atomic mass is 9.95. The first-order chi connectivity index (χ1) is 13.8. The molecule has 7 heteroatoms. The van der Waals surface area contributed by atoms with E-state index in [9.17, 15) is 0 Å². The molecule has 0 aliphatic carbocycles. The Bertz CT molecular complexity index is 973. The fraction of sp³-hybridized carbons (Fsp3) is 0.333. The molecule has 1 saturated heterocycles. The monoisotopic (exact) mass is 379 g/mol. The maximum Gasteiger partial charge on any atom is 0.231 e. The lowest BCUT2D eigenvalue weighted by Crippen LogP contribution is -2.20. The van der Waals surface area contributed by atoms with Crippen LogP contribution in [-0.4, -0.2) is 41.7 Å². The van der Waals surface area contributed by atoms with E-state index in [4.69, 9.17) is 18.9 Å². The number of fused-ring (bicyclic) bond motifs is 1. The summed E-state index contributed by atoms with van der Waals surface area (Å²) in [5.41, 5.74) is 2.14.